The van der Waals surface area contributed by atoms with E-state index in [-0.39, 0.29) is 5.56 Å². The Bertz CT molecular complexity index is 1280. The summed E-state index contributed by atoms with van der Waals surface area (Å²) in [6, 6.07) is 16.3. The minimum Gasteiger partial charge on any atom is -0.480 e. The zero-order valence-corrected chi connectivity index (χ0v) is 15.0. The number of pyridine rings is 1. The second-order valence-electron chi connectivity index (χ2n) is 6.19. The standard InChI is InChI=1S/C20H15N5O4/c26-16(27)11-21-19(28)13-10-14(22-23-20(13)29)17-15-8-4-5-9-25(15)24-18(17)12-6-2-1-3-7-12/h1-10H,11H2,(H,21,28)(H,23,29)(H,26,27). The number of hydrogen-bond donors (Lipinski definition) is 3. The van der Waals surface area contributed by atoms with Gasteiger partial charge in [-0.3, -0.25) is 14.4 Å². The fourth-order valence-electron chi connectivity index (χ4n) is 3.00. The van der Waals surface area contributed by atoms with E-state index in [1.54, 1.807) is 10.7 Å². The molecule has 0 saturated heterocycles. The Labute approximate surface area is 163 Å². The Morgan fingerprint density at radius 3 is 2.62 bits per heavy atom. The van der Waals surface area contributed by atoms with Crippen LogP contribution in [0, 0.1) is 0 Å². The highest BCUT2D eigenvalue weighted by molar-refractivity contribution is 5.98. The summed E-state index contributed by atoms with van der Waals surface area (Å²) in [5.41, 5.74) is 2.25. The van der Waals surface area contributed by atoms with Crippen molar-refractivity contribution in [1.82, 2.24) is 25.1 Å². The molecule has 3 heterocycles. The minimum atomic E-state index is -1.21. The van der Waals surface area contributed by atoms with E-state index in [4.69, 9.17) is 5.11 Å². The van der Waals surface area contributed by atoms with Gasteiger partial charge in [-0.15, -0.1) is 0 Å². The van der Waals surface area contributed by atoms with Gasteiger partial charge in [-0.25, -0.2) is 9.61 Å². The lowest BCUT2D eigenvalue weighted by molar-refractivity contribution is -0.135. The van der Waals surface area contributed by atoms with Crippen molar-refractivity contribution < 1.29 is 14.7 Å². The van der Waals surface area contributed by atoms with Crippen LogP contribution in [-0.2, 0) is 4.79 Å². The summed E-state index contributed by atoms with van der Waals surface area (Å²) in [7, 11) is 0. The summed E-state index contributed by atoms with van der Waals surface area (Å²) in [6.45, 7) is -0.595. The molecule has 0 aliphatic heterocycles. The number of carboxylic acid groups (broad SMARTS) is 1. The van der Waals surface area contributed by atoms with Crippen molar-refractivity contribution in [3.63, 3.8) is 0 Å². The molecule has 1 amide bonds. The zero-order chi connectivity index (χ0) is 20.4. The molecule has 0 bridgehead atoms. The number of hydrogen-bond acceptors (Lipinski definition) is 5. The van der Waals surface area contributed by atoms with Gasteiger partial charge in [-0.1, -0.05) is 36.4 Å². The highest BCUT2D eigenvalue weighted by Crippen LogP contribution is 2.33. The Hall–Kier alpha value is -4.27. The molecular formula is C20H15N5O4. The molecule has 0 unspecified atom stereocenters. The number of aliphatic carboxylic acids is 1. The second kappa shape index (κ2) is 7.39. The smallest absolute Gasteiger partial charge is 0.322 e. The molecule has 4 aromatic rings. The quantitative estimate of drug-likeness (QED) is 0.475. The van der Waals surface area contributed by atoms with Crippen LogP contribution in [0.4, 0.5) is 0 Å². The normalized spacial score (nSPS) is 10.8. The number of aromatic amines is 1. The van der Waals surface area contributed by atoms with Gasteiger partial charge in [0.25, 0.3) is 11.5 Å². The lowest BCUT2D eigenvalue weighted by atomic mass is 10.0. The number of benzene rings is 1. The van der Waals surface area contributed by atoms with E-state index in [9.17, 15) is 14.4 Å². The maximum atomic E-state index is 12.3. The van der Waals surface area contributed by atoms with Crippen molar-refractivity contribution in [2.45, 2.75) is 0 Å². The third-order valence-corrected chi connectivity index (χ3v) is 4.29. The maximum Gasteiger partial charge on any atom is 0.322 e. The summed E-state index contributed by atoms with van der Waals surface area (Å²) in [5, 5.41) is 22.0. The van der Waals surface area contributed by atoms with Crippen LogP contribution in [0.15, 0.2) is 65.6 Å². The number of nitrogens with zero attached hydrogens (tertiary/aromatic N) is 3. The molecule has 3 aromatic heterocycles. The number of nitrogens with one attached hydrogen (secondary N) is 2. The van der Waals surface area contributed by atoms with E-state index in [0.29, 0.717) is 17.0 Å². The van der Waals surface area contributed by atoms with Crippen molar-refractivity contribution in [2.75, 3.05) is 6.54 Å². The van der Waals surface area contributed by atoms with E-state index in [0.717, 1.165) is 11.1 Å². The first-order valence-corrected chi connectivity index (χ1v) is 8.67. The Balaban J connectivity index is 1.89. The summed E-state index contributed by atoms with van der Waals surface area (Å²) in [6.07, 6.45) is 1.79. The van der Waals surface area contributed by atoms with E-state index >= 15 is 0 Å². The van der Waals surface area contributed by atoms with Crippen LogP contribution in [0.25, 0.3) is 28.0 Å². The van der Waals surface area contributed by atoms with E-state index < -0.39 is 24.0 Å². The van der Waals surface area contributed by atoms with Crippen LogP contribution in [-0.4, -0.2) is 43.3 Å². The predicted molar refractivity (Wildman–Crippen MR) is 104 cm³/mol. The van der Waals surface area contributed by atoms with Crippen molar-refractivity contribution in [2.24, 2.45) is 0 Å². The molecule has 9 nitrogen and oxygen atoms in total. The molecule has 0 aliphatic rings. The van der Waals surface area contributed by atoms with Crippen LogP contribution in [0.3, 0.4) is 0 Å². The predicted octanol–water partition coefficient (Wildman–Crippen LogP) is 1.57. The van der Waals surface area contributed by atoms with Crippen molar-refractivity contribution in [3.05, 3.63) is 76.7 Å². The van der Waals surface area contributed by atoms with E-state index in [2.05, 4.69) is 20.6 Å². The third kappa shape index (κ3) is 3.48. The van der Waals surface area contributed by atoms with Gasteiger partial charge in [0, 0.05) is 11.8 Å². The van der Waals surface area contributed by atoms with Gasteiger partial charge in [-0.05, 0) is 18.2 Å². The number of carboxylic acids is 1. The van der Waals surface area contributed by atoms with E-state index in [1.165, 1.54) is 6.07 Å². The van der Waals surface area contributed by atoms with Crippen molar-refractivity contribution in [1.29, 1.82) is 0 Å². The average Bonchev–Trinajstić information content (AvgIpc) is 3.12. The van der Waals surface area contributed by atoms with Crippen LogP contribution >= 0.6 is 0 Å². The zero-order valence-electron chi connectivity index (χ0n) is 15.0. The first kappa shape index (κ1) is 18.1. The van der Waals surface area contributed by atoms with E-state index in [1.807, 2.05) is 48.5 Å². The van der Waals surface area contributed by atoms with Gasteiger partial charge in [0.1, 0.15) is 17.8 Å². The molecular weight excluding hydrogens is 374 g/mol. The second-order valence-corrected chi connectivity index (χ2v) is 6.19. The minimum absolute atomic E-state index is 0.231. The molecule has 0 aliphatic carbocycles. The van der Waals surface area contributed by atoms with Crippen molar-refractivity contribution in [3.8, 4) is 22.5 Å². The summed E-state index contributed by atoms with van der Waals surface area (Å²) >= 11 is 0. The SMILES string of the molecule is O=C(O)CNC(=O)c1cc(-c2c(-c3ccccc3)nn3ccccc23)n[nH]c1=O. The molecule has 3 N–H and O–H groups in total. The number of rotatable bonds is 5. The largest absolute Gasteiger partial charge is 0.480 e. The van der Waals surface area contributed by atoms with Crippen LogP contribution in [0.5, 0.6) is 0 Å². The number of aromatic nitrogens is 4. The molecule has 0 atom stereocenters. The summed E-state index contributed by atoms with van der Waals surface area (Å²) in [4.78, 5) is 35.1. The Kier molecular flexibility index (Phi) is 4.62. The summed E-state index contributed by atoms with van der Waals surface area (Å²) < 4.78 is 1.69. The highest BCUT2D eigenvalue weighted by Gasteiger charge is 2.20. The number of fused-ring (bicyclic) bond motifs is 1. The summed E-state index contributed by atoms with van der Waals surface area (Å²) in [5.74, 6) is -2.01. The van der Waals surface area contributed by atoms with Gasteiger partial charge in [0.2, 0.25) is 0 Å². The van der Waals surface area contributed by atoms with Crippen LogP contribution < -0.4 is 10.9 Å². The molecule has 4 rings (SSSR count). The molecule has 144 valence electrons. The van der Waals surface area contributed by atoms with Crippen LogP contribution in [0.2, 0.25) is 0 Å². The van der Waals surface area contributed by atoms with Gasteiger partial charge in [0.15, 0.2) is 0 Å². The molecule has 1 aromatic carbocycles. The average molecular weight is 389 g/mol. The van der Waals surface area contributed by atoms with Crippen molar-refractivity contribution >= 4 is 17.4 Å². The maximum absolute atomic E-state index is 12.3. The lowest BCUT2D eigenvalue weighted by Crippen LogP contribution is -2.33. The molecule has 0 fully saturated rings. The molecule has 29 heavy (non-hydrogen) atoms. The Morgan fingerprint density at radius 2 is 1.86 bits per heavy atom. The van der Waals surface area contributed by atoms with Gasteiger partial charge in [-0.2, -0.15) is 10.2 Å². The van der Waals surface area contributed by atoms with Gasteiger partial charge >= 0.3 is 5.97 Å². The van der Waals surface area contributed by atoms with Gasteiger partial charge in [0.05, 0.1) is 16.8 Å². The fourth-order valence-corrected chi connectivity index (χ4v) is 3.00. The highest BCUT2D eigenvalue weighted by atomic mass is 16.4. The monoisotopic (exact) mass is 389 g/mol. The topological polar surface area (TPSA) is 129 Å². The third-order valence-electron chi connectivity index (χ3n) is 4.29. The number of carbonyl (C=O) groups is 2. The number of amides is 1. The number of carbonyl (C=O) groups excluding carboxylic acids is 1. The van der Waals surface area contributed by atoms with Gasteiger partial charge < -0.3 is 10.4 Å². The lowest BCUT2D eigenvalue weighted by Gasteiger charge is -2.06. The van der Waals surface area contributed by atoms with Crippen LogP contribution in [0.1, 0.15) is 10.4 Å². The Morgan fingerprint density at radius 1 is 1.10 bits per heavy atom. The molecule has 0 radical (unpaired) electrons. The first-order chi connectivity index (χ1) is 14.0. The number of H-pyrrole nitrogens is 1. The molecule has 0 saturated carbocycles. The molecule has 9 heteroatoms. The molecule has 0 spiro atoms. The fraction of sp³-hybridized carbons (Fsp3) is 0.0500. The first-order valence-electron chi connectivity index (χ1n) is 8.67.